The molecule has 1 aliphatic rings. The molecule has 0 aliphatic carbocycles. The smallest absolute Gasteiger partial charge is 0.131 e. The van der Waals surface area contributed by atoms with Crippen molar-refractivity contribution >= 4 is 5.69 Å². The molecule has 2 N–H and O–H groups in total. The van der Waals surface area contributed by atoms with Gasteiger partial charge in [0.15, 0.2) is 0 Å². The van der Waals surface area contributed by atoms with Gasteiger partial charge in [-0.2, -0.15) is 0 Å². The van der Waals surface area contributed by atoms with Crippen molar-refractivity contribution in [1.29, 1.82) is 0 Å². The van der Waals surface area contributed by atoms with E-state index in [1.165, 1.54) is 19.3 Å². The van der Waals surface area contributed by atoms with Crippen LogP contribution < -0.4 is 10.6 Å². The van der Waals surface area contributed by atoms with Gasteiger partial charge in [-0.1, -0.05) is 13.8 Å². The Morgan fingerprint density at radius 1 is 1.44 bits per heavy atom. The van der Waals surface area contributed by atoms with Gasteiger partial charge in [0.2, 0.25) is 0 Å². The maximum Gasteiger partial charge on any atom is 0.131 e. The molecule has 1 aromatic heterocycles. The number of nitrogens with two attached hydrogens (primary N) is 1. The summed E-state index contributed by atoms with van der Waals surface area (Å²) < 4.78 is 0. The van der Waals surface area contributed by atoms with Crippen LogP contribution in [0.25, 0.3) is 0 Å². The van der Waals surface area contributed by atoms with Crippen LogP contribution in [0.4, 0.5) is 5.69 Å². The van der Waals surface area contributed by atoms with E-state index < -0.39 is 0 Å². The molecule has 1 aromatic rings. The molecule has 0 aromatic carbocycles. The summed E-state index contributed by atoms with van der Waals surface area (Å²) in [7, 11) is 0. The number of nitrogens with zero attached hydrogens (tertiary/aromatic N) is 3. The zero-order valence-electron chi connectivity index (χ0n) is 11.7. The summed E-state index contributed by atoms with van der Waals surface area (Å²) in [5, 5.41) is 0. The summed E-state index contributed by atoms with van der Waals surface area (Å²) in [6, 6.07) is 0.567. The third-order valence-electron chi connectivity index (χ3n) is 3.69. The summed E-state index contributed by atoms with van der Waals surface area (Å²) in [6.07, 6.45) is 5.78. The Kier molecular flexibility index (Phi) is 4.17. The van der Waals surface area contributed by atoms with E-state index in [9.17, 15) is 0 Å². The van der Waals surface area contributed by atoms with Crippen LogP contribution in [0.3, 0.4) is 0 Å². The summed E-state index contributed by atoms with van der Waals surface area (Å²) in [6.45, 7) is 8.08. The Hall–Kier alpha value is -1.16. The second kappa shape index (κ2) is 5.65. The molecule has 2 rings (SSSR count). The van der Waals surface area contributed by atoms with Crippen LogP contribution in [-0.2, 0) is 6.54 Å². The molecule has 2 heterocycles. The standard InChI is InChI=1S/C14H24N4/c1-10(2)14-16-9-13(12(8-15)17-14)18-7-5-4-6-11(18)3/h9-11H,4-8,15H2,1-3H3. The molecule has 1 saturated heterocycles. The third kappa shape index (κ3) is 2.64. The first kappa shape index (κ1) is 13.3. The van der Waals surface area contributed by atoms with Gasteiger partial charge in [-0.05, 0) is 26.2 Å². The highest BCUT2D eigenvalue weighted by Gasteiger charge is 2.22. The molecular weight excluding hydrogens is 224 g/mol. The number of rotatable bonds is 3. The van der Waals surface area contributed by atoms with E-state index in [0.717, 1.165) is 23.8 Å². The zero-order chi connectivity index (χ0) is 13.1. The Balaban J connectivity index is 2.31. The molecule has 0 saturated carbocycles. The van der Waals surface area contributed by atoms with Gasteiger partial charge in [-0.3, -0.25) is 0 Å². The SMILES string of the molecule is CC(C)c1ncc(N2CCCCC2C)c(CN)n1. The number of piperidine rings is 1. The molecule has 0 bridgehead atoms. The molecular formula is C14H24N4. The van der Waals surface area contributed by atoms with Gasteiger partial charge in [0.25, 0.3) is 0 Å². The maximum absolute atomic E-state index is 5.85. The molecule has 4 nitrogen and oxygen atoms in total. The van der Waals surface area contributed by atoms with E-state index in [4.69, 9.17) is 5.73 Å². The van der Waals surface area contributed by atoms with Crippen LogP contribution in [0.2, 0.25) is 0 Å². The van der Waals surface area contributed by atoms with E-state index in [1.807, 2.05) is 6.20 Å². The maximum atomic E-state index is 5.85. The van der Waals surface area contributed by atoms with E-state index in [2.05, 4.69) is 35.6 Å². The normalized spacial score (nSPS) is 20.5. The second-order valence-electron chi connectivity index (χ2n) is 5.46. The van der Waals surface area contributed by atoms with Crippen LogP contribution in [-0.4, -0.2) is 22.6 Å². The number of anilines is 1. The van der Waals surface area contributed by atoms with Crippen LogP contribution in [0.1, 0.15) is 57.5 Å². The fraction of sp³-hybridized carbons (Fsp3) is 0.714. The van der Waals surface area contributed by atoms with E-state index >= 15 is 0 Å². The number of hydrogen-bond acceptors (Lipinski definition) is 4. The summed E-state index contributed by atoms with van der Waals surface area (Å²) >= 11 is 0. The van der Waals surface area contributed by atoms with Crippen LogP contribution in [0, 0.1) is 0 Å². The minimum atomic E-state index is 0.350. The molecule has 1 unspecified atom stereocenters. The monoisotopic (exact) mass is 248 g/mol. The average Bonchev–Trinajstić information content (AvgIpc) is 2.38. The zero-order valence-corrected chi connectivity index (χ0v) is 11.7. The van der Waals surface area contributed by atoms with Crippen LogP contribution in [0.5, 0.6) is 0 Å². The Bertz CT molecular complexity index is 403. The van der Waals surface area contributed by atoms with Crippen molar-refractivity contribution in [3.8, 4) is 0 Å². The lowest BCUT2D eigenvalue weighted by Crippen LogP contribution is -2.38. The van der Waals surface area contributed by atoms with Gasteiger partial charge in [0.05, 0.1) is 17.6 Å². The predicted octanol–water partition coefficient (Wildman–Crippen LogP) is 2.44. The topological polar surface area (TPSA) is 55.0 Å². The lowest BCUT2D eigenvalue weighted by Gasteiger charge is -2.36. The third-order valence-corrected chi connectivity index (χ3v) is 3.69. The second-order valence-corrected chi connectivity index (χ2v) is 5.46. The van der Waals surface area contributed by atoms with E-state index in [1.54, 1.807) is 0 Å². The Morgan fingerprint density at radius 3 is 2.83 bits per heavy atom. The molecule has 100 valence electrons. The van der Waals surface area contributed by atoms with Crippen LogP contribution >= 0.6 is 0 Å². The summed E-state index contributed by atoms with van der Waals surface area (Å²) in [5.74, 6) is 1.24. The molecule has 0 amide bonds. The van der Waals surface area contributed by atoms with E-state index in [0.29, 0.717) is 18.5 Å². The van der Waals surface area contributed by atoms with Gasteiger partial charge in [0, 0.05) is 25.0 Å². The number of aromatic nitrogens is 2. The summed E-state index contributed by atoms with van der Waals surface area (Å²) in [4.78, 5) is 11.5. The van der Waals surface area contributed by atoms with Gasteiger partial charge in [-0.25, -0.2) is 9.97 Å². The van der Waals surface area contributed by atoms with Gasteiger partial charge in [0.1, 0.15) is 5.82 Å². The fourth-order valence-corrected chi connectivity index (χ4v) is 2.55. The lowest BCUT2D eigenvalue weighted by atomic mass is 10.0. The highest BCUT2D eigenvalue weighted by molar-refractivity contribution is 5.50. The van der Waals surface area contributed by atoms with Crippen molar-refractivity contribution in [3.63, 3.8) is 0 Å². The van der Waals surface area contributed by atoms with Crippen molar-refractivity contribution in [2.45, 2.75) is 58.5 Å². The van der Waals surface area contributed by atoms with Gasteiger partial charge >= 0.3 is 0 Å². The Labute approximate surface area is 110 Å². The quantitative estimate of drug-likeness (QED) is 0.892. The average molecular weight is 248 g/mol. The summed E-state index contributed by atoms with van der Waals surface area (Å²) in [5.41, 5.74) is 7.98. The molecule has 0 radical (unpaired) electrons. The molecule has 1 aliphatic heterocycles. The van der Waals surface area contributed by atoms with Gasteiger partial charge < -0.3 is 10.6 Å². The molecule has 1 fully saturated rings. The molecule has 4 heteroatoms. The largest absolute Gasteiger partial charge is 0.366 e. The van der Waals surface area contributed by atoms with Crippen molar-refractivity contribution in [1.82, 2.24) is 9.97 Å². The first-order valence-corrected chi connectivity index (χ1v) is 6.96. The van der Waals surface area contributed by atoms with Crippen molar-refractivity contribution < 1.29 is 0 Å². The first-order valence-electron chi connectivity index (χ1n) is 6.96. The van der Waals surface area contributed by atoms with Crippen molar-refractivity contribution in [3.05, 3.63) is 17.7 Å². The minimum Gasteiger partial charge on any atom is -0.366 e. The van der Waals surface area contributed by atoms with E-state index in [-0.39, 0.29) is 0 Å². The minimum absolute atomic E-state index is 0.350. The fourth-order valence-electron chi connectivity index (χ4n) is 2.55. The highest BCUT2D eigenvalue weighted by Crippen LogP contribution is 2.27. The van der Waals surface area contributed by atoms with Crippen molar-refractivity contribution in [2.75, 3.05) is 11.4 Å². The highest BCUT2D eigenvalue weighted by atomic mass is 15.2. The van der Waals surface area contributed by atoms with Crippen LogP contribution in [0.15, 0.2) is 6.20 Å². The lowest BCUT2D eigenvalue weighted by molar-refractivity contribution is 0.482. The molecule has 18 heavy (non-hydrogen) atoms. The molecule has 1 atom stereocenters. The Morgan fingerprint density at radius 2 is 2.22 bits per heavy atom. The number of hydrogen-bond donors (Lipinski definition) is 1. The molecule has 0 spiro atoms. The van der Waals surface area contributed by atoms with Crippen molar-refractivity contribution in [2.24, 2.45) is 5.73 Å². The van der Waals surface area contributed by atoms with Gasteiger partial charge in [-0.15, -0.1) is 0 Å². The first-order chi connectivity index (χ1) is 8.63. The predicted molar refractivity (Wildman–Crippen MR) is 74.7 cm³/mol.